The summed E-state index contributed by atoms with van der Waals surface area (Å²) in [5.41, 5.74) is 0. The fraction of sp³-hybridized carbons (Fsp3) is 1.00. The van der Waals surface area contributed by atoms with Crippen LogP contribution in [0.2, 0.25) is 0 Å². The third kappa shape index (κ3) is 62.6. The Balaban J connectivity index is -0.0000000717. The van der Waals surface area contributed by atoms with Crippen molar-refractivity contribution in [2.75, 3.05) is 5.75 Å². The van der Waals surface area contributed by atoms with Crippen molar-refractivity contribution in [2.24, 2.45) is 0 Å². The van der Waals surface area contributed by atoms with E-state index in [1.165, 1.54) is 0 Å². The first-order valence-electron chi connectivity index (χ1n) is 4.74. The van der Waals surface area contributed by atoms with Gasteiger partial charge in [-0.05, 0) is 6.42 Å². The van der Waals surface area contributed by atoms with Gasteiger partial charge in [-0.2, -0.15) is 0 Å². The third-order valence-electron chi connectivity index (χ3n) is 1.50. The molecule has 0 rings (SSSR count). The van der Waals surface area contributed by atoms with Gasteiger partial charge in [0.05, 0.1) is 17.9 Å². The van der Waals surface area contributed by atoms with E-state index >= 15 is 0 Å². The second-order valence-electron chi connectivity index (χ2n) is 3.14. The quantitative estimate of drug-likeness (QED) is 0.218. The summed E-state index contributed by atoms with van der Waals surface area (Å²) in [7, 11) is -9.10. The van der Waals surface area contributed by atoms with Crippen LogP contribution in [0.4, 0.5) is 0 Å². The van der Waals surface area contributed by atoms with E-state index in [1.807, 2.05) is 0 Å². The van der Waals surface area contributed by atoms with Crippen LogP contribution >= 0.6 is 7.82 Å². The Hall–Kier alpha value is 3.02. The summed E-state index contributed by atoms with van der Waals surface area (Å²) in [5, 5.41) is 0. The zero-order valence-corrected chi connectivity index (χ0v) is 19.7. The van der Waals surface area contributed by atoms with Gasteiger partial charge in [0, 0.05) is 5.75 Å². The van der Waals surface area contributed by atoms with E-state index in [-0.39, 0.29) is 94.4 Å². The fourth-order valence-electron chi connectivity index (χ4n) is 0.882. The third-order valence-corrected chi connectivity index (χ3v) is 2.29. The minimum Gasteiger partial charge on any atom is -0.790 e. The number of hydrogen-bond acceptors (Lipinski definition) is 6. The van der Waals surface area contributed by atoms with Crippen LogP contribution in [-0.2, 0) is 14.7 Å². The summed E-state index contributed by atoms with van der Waals surface area (Å²) in [6.07, 6.45) is 4.66. The largest absolute Gasteiger partial charge is 1.00 e. The molecular weight excluding hydrogens is 328 g/mol. The van der Waals surface area contributed by atoms with Gasteiger partial charge < -0.3 is 23.8 Å². The van der Waals surface area contributed by atoms with Crippen LogP contribution in [0.15, 0.2) is 0 Å². The maximum atomic E-state index is 10.1. The number of unbranched alkanes of at least 4 members (excludes halogenated alkanes) is 4. The number of phosphoric acid groups is 1. The van der Waals surface area contributed by atoms with Gasteiger partial charge in [0.1, 0.15) is 0 Å². The molecular formula is C7H16Na3O7PS. The maximum absolute atomic E-state index is 10.1. The molecule has 0 atom stereocenters. The van der Waals surface area contributed by atoms with E-state index in [0.717, 1.165) is 25.7 Å². The monoisotopic (exact) mass is 344 g/mol. The van der Waals surface area contributed by atoms with E-state index in [0.29, 0.717) is 6.42 Å². The Labute approximate surface area is 181 Å². The molecule has 0 aromatic heterocycles. The summed E-state index contributed by atoms with van der Waals surface area (Å²) in [5.74, 6) is -0.198. The first-order chi connectivity index (χ1) is 7.06. The van der Waals surface area contributed by atoms with E-state index in [4.69, 9.17) is 19.2 Å². The molecule has 0 aromatic rings. The normalized spacial score (nSPS) is 9.95. The van der Waals surface area contributed by atoms with Crippen LogP contribution in [0, 0.1) is 0 Å². The molecule has 0 fully saturated rings. The SMILES string of the molecule is CCCCCCCS(=O)(=O)[O-].O=P([O-])([O-])O.[Na+].[Na+].[Na+]. The van der Waals surface area contributed by atoms with Crippen molar-refractivity contribution >= 4 is 17.9 Å². The van der Waals surface area contributed by atoms with Crippen molar-refractivity contribution in [2.45, 2.75) is 39.0 Å². The minimum absolute atomic E-state index is 0. The average Bonchev–Trinajstić information content (AvgIpc) is 1.98. The maximum Gasteiger partial charge on any atom is 1.00 e. The molecule has 7 nitrogen and oxygen atoms in total. The average molecular weight is 344 g/mol. The Bertz CT molecular complexity index is 298. The van der Waals surface area contributed by atoms with Crippen LogP contribution in [0.1, 0.15) is 39.0 Å². The zero-order chi connectivity index (χ0) is 13.2. The van der Waals surface area contributed by atoms with Gasteiger partial charge >= 0.3 is 88.7 Å². The Morgan fingerprint density at radius 3 is 1.58 bits per heavy atom. The van der Waals surface area contributed by atoms with Gasteiger partial charge in [0.15, 0.2) is 0 Å². The molecule has 100 valence electrons. The summed E-state index contributed by atoms with van der Waals surface area (Å²) in [4.78, 5) is 24.3. The Kier molecular flexibility index (Phi) is 33.7. The number of rotatable bonds is 6. The molecule has 0 heterocycles. The van der Waals surface area contributed by atoms with E-state index in [9.17, 15) is 13.0 Å². The Morgan fingerprint density at radius 2 is 1.32 bits per heavy atom. The molecule has 0 saturated carbocycles. The van der Waals surface area contributed by atoms with Gasteiger partial charge in [-0.15, -0.1) is 0 Å². The Morgan fingerprint density at radius 1 is 1.00 bits per heavy atom. The van der Waals surface area contributed by atoms with Crippen molar-refractivity contribution in [3.63, 3.8) is 0 Å². The molecule has 0 aliphatic carbocycles. The molecule has 0 saturated heterocycles. The van der Waals surface area contributed by atoms with Crippen molar-refractivity contribution in [1.82, 2.24) is 0 Å². The van der Waals surface area contributed by atoms with Crippen molar-refractivity contribution in [3.05, 3.63) is 0 Å². The molecule has 0 radical (unpaired) electrons. The molecule has 0 aromatic carbocycles. The molecule has 0 unspecified atom stereocenters. The summed E-state index contributed by atoms with van der Waals surface area (Å²) in [6.45, 7) is 2.09. The van der Waals surface area contributed by atoms with Crippen LogP contribution < -0.4 is 98.5 Å². The van der Waals surface area contributed by atoms with Gasteiger partial charge in [-0.1, -0.05) is 32.6 Å². The van der Waals surface area contributed by atoms with Crippen LogP contribution in [0.5, 0.6) is 0 Å². The van der Waals surface area contributed by atoms with E-state index in [2.05, 4.69) is 6.92 Å². The van der Waals surface area contributed by atoms with Gasteiger partial charge in [0.25, 0.3) is 0 Å². The van der Waals surface area contributed by atoms with Gasteiger partial charge in [0.2, 0.25) is 0 Å². The molecule has 12 heteroatoms. The number of hydrogen-bond donors (Lipinski definition) is 1. The molecule has 0 spiro atoms. The molecule has 0 amide bonds. The summed E-state index contributed by atoms with van der Waals surface area (Å²) in [6, 6.07) is 0. The summed E-state index contributed by atoms with van der Waals surface area (Å²) < 4.78 is 39.0. The van der Waals surface area contributed by atoms with Crippen molar-refractivity contribution in [1.29, 1.82) is 0 Å². The molecule has 19 heavy (non-hydrogen) atoms. The molecule has 1 N–H and O–H groups in total. The summed E-state index contributed by atoms with van der Waals surface area (Å²) >= 11 is 0. The van der Waals surface area contributed by atoms with Crippen molar-refractivity contribution < 1.29 is 121 Å². The van der Waals surface area contributed by atoms with Gasteiger partial charge in [-0.3, -0.25) is 0 Å². The second-order valence-corrected chi connectivity index (χ2v) is 5.61. The zero-order valence-electron chi connectivity index (χ0n) is 12.0. The van der Waals surface area contributed by atoms with Crippen LogP contribution in [0.3, 0.4) is 0 Å². The van der Waals surface area contributed by atoms with E-state index in [1.54, 1.807) is 0 Å². The predicted molar refractivity (Wildman–Crippen MR) is 53.1 cm³/mol. The first kappa shape index (κ1) is 33.6. The predicted octanol–water partition coefficient (Wildman–Crippen LogP) is -9.68. The first-order valence-corrected chi connectivity index (χ1v) is 7.82. The minimum atomic E-state index is -5.14. The standard InChI is InChI=1S/C7H16O3S.3Na.H3O4P/c1-2-3-4-5-6-7-11(8,9)10;;;;1-5(2,3)4/h2-7H2,1H3,(H,8,9,10);;;;(H3,1,2,3,4)/q;3*+1;/p-3. The van der Waals surface area contributed by atoms with Gasteiger partial charge in [-0.25, -0.2) is 8.42 Å². The van der Waals surface area contributed by atoms with E-state index < -0.39 is 17.9 Å². The topological polar surface area (TPSA) is 141 Å². The van der Waals surface area contributed by atoms with Crippen molar-refractivity contribution in [3.8, 4) is 0 Å². The fourth-order valence-corrected chi connectivity index (χ4v) is 1.44. The second kappa shape index (κ2) is 19.1. The molecule has 0 bridgehead atoms. The molecule has 0 aliphatic heterocycles. The van der Waals surface area contributed by atoms with Crippen LogP contribution in [-0.4, -0.2) is 23.6 Å². The molecule has 0 aliphatic rings. The smallest absolute Gasteiger partial charge is 0.790 e. The van der Waals surface area contributed by atoms with Crippen LogP contribution in [0.25, 0.3) is 0 Å².